The second-order valence-electron chi connectivity index (χ2n) is 5.17. The molecule has 0 spiro atoms. The molecular weight excluding hydrogens is 306 g/mol. The molecule has 1 aromatic rings. The summed E-state index contributed by atoms with van der Waals surface area (Å²) >= 11 is 3.44. The molecule has 0 saturated carbocycles. The van der Waals surface area contributed by atoms with Gasteiger partial charge in [-0.15, -0.1) is 0 Å². The lowest BCUT2D eigenvalue weighted by Crippen LogP contribution is -2.28. The van der Waals surface area contributed by atoms with Gasteiger partial charge in [0.15, 0.2) is 0 Å². The van der Waals surface area contributed by atoms with Gasteiger partial charge < -0.3 is 10.1 Å². The van der Waals surface area contributed by atoms with Crippen LogP contribution < -0.4 is 5.32 Å². The van der Waals surface area contributed by atoms with E-state index in [2.05, 4.69) is 35.1 Å². The average molecular weight is 328 g/mol. The minimum absolute atomic E-state index is 0.117. The molecule has 0 fully saturated rings. The molecule has 0 saturated heterocycles. The average Bonchev–Trinajstić information content (AvgIpc) is 2.32. The summed E-state index contributed by atoms with van der Waals surface area (Å²) in [5.74, 6) is 0.467. The highest BCUT2D eigenvalue weighted by atomic mass is 79.9. The Bertz CT molecular complexity index is 432. The number of nitrogens with one attached hydrogen (secondary N) is 1. The first kappa shape index (κ1) is 16.2. The minimum Gasteiger partial charge on any atom is -0.369 e. The first-order chi connectivity index (χ1) is 8.90. The molecule has 0 aromatic heterocycles. The zero-order valence-corrected chi connectivity index (χ0v) is 13.6. The molecule has 1 aromatic carbocycles. The summed E-state index contributed by atoms with van der Waals surface area (Å²) in [4.78, 5) is 12.0. The van der Waals surface area contributed by atoms with Gasteiger partial charge in [-0.1, -0.05) is 19.9 Å². The number of hydrogen-bond acceptors (Lipinski definition) is 2. The van der Waals surface area contributed by atoms with E-state index in [9.17, 15) is 4.79 Å². The molecule has 1 amide bonds. The van der Waals surface area contributed by atoms with E-state index in [1.807, 2.05) is 25.1 Å². The molecule has 4 heteroatoms. The Morgan fingerprint density at radius 1 is 1.37 bits per heavy atom. The summed E-state index contributed by atoms with van der Waals surface area (Å²) in [7, 11) is 0. The van der Waals surface area contributed by atoms with Gasteiger partial charge in [0.05, 0.1) is 5.69 Å². The summed E-state index contributed by atoms with van der Waals surface area (Å²) in [5.41, 5.74) is 1.92. The van der Waals surface area contributed by atoms with Crippen LogP contribution in [-0.4, -0.2) is 18.6 Å². The summed E-state index contributed by atoms with van der Waals surface area (Å²) in [5, 5.41) is 2.86. The van der Waals surface area contributed by atoms with Crippen LogP contribution >= 0.6 is 15.9 Å². The fourth-order valence-corrected chi connectivity index (χ4v) is 2.10. The fraction of sp³-hybridized carbons (Fsp3) is 0.533. The third-order valence-corrected chi connectivity index (χ3v) is 3.47. The summed E-state index contributed by atoms with van der Waals surface area (Å²) in [6, 6.07) is 5.82. The molecule has 1 rings (SSSR count). The number of ether oxygens (including phenoxy) is 1. The predicted molar refractivity (Wildman–Crippen MR) is 82.4 cm³/mol. The zero-order valence-electron chi connectivity index (χ0n) is 12.0. The molecule has 0 bridgehead atoms. The van der Waals surface area contributed by atoms with E-state index < -0.39 is 6.10 Å². The van der Waals surface area contributed by atoms with Crippen LogP contribution in [0.1, 0.15) is 32.8 Å². The number of rotatable bonds is 6. The van der Waals surface area contributed by atoms with Crippen molar-refractivity contribution >= 4 is 27.5 Å². The molecule has 0 aliphatic heterocycles. The Morgan fingerprint density at radius 3 is 2.63 bits per heavy atom. The van der Waals surface area contributed by atoms with Crippen LogP contribution in [0, 0.1) is 12.8 Å². The molecule has 0 aliphatic rings. The van der Waals surface area contributed by atoms with Crippen molar-refractivity contribution in [3.63, 3.8) is 0 Å². The summed E-state index contributed by atoms with van der Waals surface area (Å²) in [6.07, 6.45) is 0.526. The van der Waals surface area contributed by atoms with Gasteiger partial charge in [-0.05, 0) is 59.8 Å². The van der Waals surface area contributed by atoms with Crippen molar-refractivity contribution in [3.8, 4) is 0 Å². The second kappa shape index (κ2) is 7.65. The Morgan fingerprint density at radius 2 is 2.05 bits per heavy atom. The van der Waals surface area contributed by atoms with Crippen molar-refractivity contribution in [2.75, 3.05) is 11.9 Å². The Labute approximate surface area is 123 Å². The van der Waals surface area contributed by atoms with Crippen LogP contribution in [0.3, 0.4) is 0 Å². The molecular formula is C15H22BrNO2. The van der Waals surface area contributed by atoms with Gasteiger partial charge >= 0.3 is 0 Å². The molecule has 0 radical (unpaired) electrons. The SMILES string of the molecule is Cc1ccc(NC(=O)[C@@H](C)OCCC(C)C)c(Br)c1. The fourth-order valence-electron chi connectivity index (χ4n) is 1.51. The Balaban J connectivity index is 2.49. The number of carbonyl (C=O) groups is 1. The van der Waals surface area contributed by atoms with E-state index >= 15 is 0 Å². The molecule has 1 N–H and O–H groups in total. The van der Waals surface area contributed by atoms with E-state index in [0.717, 1.165) is 22.1 Å². The van der Waals surface area contributed by atoms with Gasteiger partial charge in [0, 0.05) is 11.1 Å². The maximum Gasteiger partial charge on any atom is 0.253 e. The van der Waals surface area contributed by atoms with Crippen LogP contribution in [0.2, 0.25) is 0 Å². The number of amides is 1. The standard InChI is InChI=1S/C15H22BrNO2/c1-10(2)7-8-19-12(4)15(18)17-14-6-5-11(3)9-13(14)16/h5-6,9-10,12H,7-8H2,1-4H3,(H,17,18)/t12-/m1/s1. The third kappa shape index (κ3) is 5.74. The smallest absolute Gasteiger partial charge is 0.253 e. The largest absolute Gasteiger partial charge is 0.369 e. The first-order valence-corrected chi connectivity index (χ1v) is 7.38. The van der Waals surface area contributed by atoms with E-state index in [4.69, 9.17) is 4.74 Å². The van der Waals surface area contributed by atoms with Gasteiger partial charge in [-0.25, -0.2) is 0 Å². The zero-order chi connectivity index (χ0) is 14.4. The van der Waals surface area contributed by atoms with Gasteiger partial charge in [-0.2, -0.15) is 0 Å². The van der Waals surface area contributed by atoms with Crippen LogP contribution in [0.15, 0.2) is 22.7 Å². The molecule has 0 aliphatic carbocycles. The van der Waals surface area contributed by atoms with E-state index in [0.29, 0.717) is 12.5 Å². The van der Waals surface area contributed by atoms with E-state index in [1.165, 1.54) is 0 Å². The molecule has 0 unspecified atom stereocenters. The number of carbonyl (C=O) groups excluding carboxylic acids is 1. The van der Waals surface area contributed by atoms with Crippen LogP contribution in [0.25, 0.3) is 0 Å². The number of aryl methyl sites for hydroxylation is 1. The van der Waals surface area contributed by atoms with Crippen molar-refractivity contribution in [2.45, 2.75) is 40.2 Å². The van der Waals surface area contributed by atoms with Crippen molar-refractivity contribution in [3.05, 3.63) is 28.2 Å². The minimum atomic E-state index is -0.438. The van der Waals surface area contributed by atoms with Gasteiger partial charge in [0.2, 0.25) is 0 Å². The van der Waals surface area contributed by atoms with Crippen LogP contribution in [-0.2, 0) is 9.53 Å². The first-order valence-electron chi connectivity index (χ1n) is 6.58. The van der Waals surface area contributed by atoms with E-state index in [1.54, 1.807) is 6.92 Å². The number of benzene rings is 1. The lowest BCUT2D eigenvalue weighted by Gasteiger charge is -2.15. The highest BCUT2D eigenvalue weighted by Crippen LogP contribution is 2.23. The Kier molecular flexibility index (Phi) is 6.52. The van der Waals surface area contributed by atoms with Crippen molar-refractivity contribution < 1.29 is 9.53 Å². The summed E-state index contributed by atoms with van der Waals surface area (Å²) in [6.45, 7) is 8.67. The third-order valence-electron chi connectivity index (χ3n) is 2.81. The molecule has 3 nitrogen and oxygen atoms in total. The Hall–Kier alpha value is -0.870. The monoisotopic (exact) mass is 327 g/mol. The topological polar surface area (TPSA) is 38.3 Å². The van der Waals surface area contributed by atoms with Crippen molar-refractivity contribution in [1.29, 1.82) is 0 Å². The van der Waals surface area contributed by atoms with Crippen molar-refractivity contribution in [2.24, 2.45) is 5.92 Å². The van der Waals surface area contributed by atoms with Crippen LogP contribution in [0.4, 0.5) is 5.69 Å². The van der Waals surface area contributed by atoms with Crippen LogP contribution in [0.5, 0.6) is 0 Å². The molecule has 1 atom stereocenters. The highest BCUT2D eigenvalue weighted by molar-refractivity contribution is 9.10. The number of hydrogen-bond donors (Lipinski definition) is 1. The molecule has 106 valence electrons. The predicted octanol–water partition coefficient (Wildman–Crippen LogP) is 4.15. The number of halogens is 1. The lowest BCUT2D eigenvalue weighted by molar-refractivity contribution is -0.126. The van der Waals surface area contributed by atoms with Gasteiger partial charge in [-0.3, -0.25) is 4.79 Å². The lowest BCUT2D eigenvalue weighted by atomic mass is 10.1. The molecule has 0 heterocycles. The van der Waals surface area contributed by atoms with Crippen molar-refractivity contribution in [1.82, 2.24) is 0 Å². The maximum atomic E-state index is 12.0. The normalized spacial score (nSPS) is 12.5. The van der Waals surface area contributed by atoms with Gasteiger partial charge in [0.1, 0.15) is 6.10 Å². The summed E-state index contributed by atoms with van der Waals surface area (Å²) < 4.78 is 6.41. The molecule has 19 heavy (non-hydrogen) atoms. The quantitative estimate of drug-likeness (QED) is 0.852. The highest BCUT2D eigenvalue weighted by Gasteiger charge is 2.14. The van der Waals surface area contributed by atoms with Gasteiger partial charge in [0.25, 0.3) is 5.91 Å². The number of anilines is 1. The maximum absolute atomic E-state index is 12.0. The van der Waals surface area contributed by atoms with E-state index in [-0.39, 0.29) is 5.91 Å². The second-order valence-corrected chi connectivity index (χ2v) is 6.02.